The minimum atomic E-state index is 0.564. The van der Waals surface area contributed by atoms with E-state index in [1.807, 2.05) is 29.9 Å². The van der Waals surface area contributed by atoms with Crippen molar-refractivity contribution >= 4 is 5.96 Å². The third kappa shape index (κ3) is 5.27. The molecular weight excluding hydrogens is 278 g/mol. The summed E-state index contributed by atoms with van der Waals surface area (Å²) in [6.07, 6.45) is 4.32. The molecule has 6 heteroatoms. The van der Waals surface area contributed by atoms with Crippen molar-refractivity contribution < 1.29 is 4.42 Å². The van der Waals surface area contributed by atoms with Gasteiger partial charge in [0.15, 0.2) is 5.96 Å². The van der Waals surface area contributed by atoms with E-state index in [-0.39, 0.29) is 0 Å². The van der Waals surface area contributed by atoms with Crippen molar-refractivity contribution in [2.24, 2.45) is 18.0 Å². The van der Waals surface area contributed by atoms with Crippen LogP contribution in [0.4, 0.5) is 0 Å². The summed E-state index contributed by atoms with van der Waals surface area (Å²) >= 11 is 0. The van der Waals surface area contributed by atoms with E-state index >= 15 is 0 Å². The van der Waals surface area contributed by atoms with Gasteiger partial charge < -0.3 is 15.1 Å². The largest absolute Gasteiger partial charge is 0.469 e. The highest BCUT2D eigenvalue weighted by molar-refractivity contribution is 5.79. The molecule has 0 saturated carbocycles. The molecule has 0 aliphatic heterocycles. The van der Waals surface area contributed by atoms with Gasteiger partial charge in [-0.05, 0) is 24.1 Å². The Kier molecular flexibility index (Phi) is 6.06. The number of aromatic nitrogens is 2. The summed E-state index contributed by atoms with van der Waals surface area (Å²) in [7, 11) is 1.93. The fourth-order valence-corrected chi connectivity index (χ4v) is 1.95. The van der Waals surface area contributed by atoms with Gasteiger partial charge >= 0.3 is 0 Å². The van der Waals surface area contributed by atoms with Crippen LogP contribution in [-0.2, 0) is 20.0 Å². The summed E-state index contributed by atoms with van der Waals surface area (Å²) in [4.78, 5) is 4.62. The summed E-state index contributed by atoms with van der Waals surface area (Å²) < 4.78 is 7.18. The van der Waals surface area contributed by atoms with Gasteiger partial charge in [-0.1, -0.05) is 13.8 Å². The topological polar surface area (TPSA) is 67.4 Å². The Balaban J connectivity index is 1.88. The molecule has 0 aliphatic rings. The van der Waals surface area contributed by atoms with Gasteiger partial charge in [0, 0.05) is 32.8 Å². The summed E-state index contributed by atoms with van der Waals surface area (Å²) in [6, 6.07) is 5.87. The molecule has 120 valence electrons. The van der Waals surface area contributed by atoms with Gasteiger partial charge in [-0.15, -0.1) is 0 Å². The second-order valence-corrected chi connectivity index (χ2v) is 5.64. The third-order valence-electron chi connectivity index (χ3n) is 3.24. The number of aliphatic imine (C=N–C) groups is 1. The van der Waals surface area contributed by atoms with Crippen molar-refractivity contribution in [1.82, 2.24) is 20.4 Å². The van der Waals surface area contributed by atoms with E-state index in [0.29, 0.717) is 12.5 Å². The summed E-state index contributed by atoms with van der Waals surface area (Å²) in [6.45, 7) is 6.62. The van der Waals surface area contributed by atoms with E-state index in [0.717, 1.165) is 36.9 Å². The minimum absolute atomic E-state index is 0.564. The van der Waals surface area contributed by atoms with Crippen molar-refractivity contribution in [3.8, 4) is 0 Å². The first kappa shape index (κ1) is 16.1. The average Bonchev–Trinajstić information content (AvgIpc) is 3.13. The molecule has 2 aromatic heterocycles. The van der Waals surface area contributed by atoms with Crippen molar-refractivity contribution in [2.45, 2.75) is 26.8 Å². The lowest BCUT2D eigenvalue weighted by molar-refractivity contribution is 0.506. The average molecular weight is 303 g/mol. The Morgan fingerprint density at radius 2 is 2.23 bits per heavy atom. The van der Waals surface area contributed by atoms with E-state index in [1.165, 1.54) is 0 Å². The molecule has 0 unspecified atom stereocenters. The van der Waals surface area contributed by atoms with E-state index in [9.17, 15) is 0 Å². The lowest BCUT2D eigenvalue weighted by atomic mass is 10.2. The van der Waals surface area contributed by atoms with Crippen LogP contribution < -0.4 is 10.6 Å². The highest BCUT2D eigenvalue weighted by Crippen LogP contribution is 2.00. The number of nitrogens with one attached hydrogen (secondary N) is 2. The van der Waals surface area contributed by atoms with Gasteiger partial charge in [0.2, 0.25) is 0 Å². The first-order chi connectivity index (χ1) is 10.6. The third-order valence-corrected chi connectivity index (χ3v) is 3.24. The summed E-state index contributed by atoms with van der Waals surface area (Å²) in [5.74, 6) is 2.36. The molecule has 2 N–H and O–H groups in total. The Labute approximate surface area is 131 Å². The van der Waals surface area contributed by atoms with Crippen molar-refractivity contribution in [3.63, 3.8) is 0 Å². The SMILES string of the molecule is CC(C)CNC(=NCc1ccnn1C)NCCc1ccco1. The zero-order chi connectivity index (χ0) is 15.8. The second kappa shape index (κ2) is 8.26. The lowest BCUT2D eigenvalue weighted by Crippen LogP contribution is -2.40. The zero-order valence-electron chi connectivity index (χ0n) is 13.5. The second-order valence-electron chi connectivity index (χ2n) is 5.64. The standard InChI is InChI=1S/C16H25N5O/c1-13(2)11-18-16(17-8-7-15-5-4-10-22-15)19-12-14-6-9-20-21(14)3/h4-6,9-10,13H,7-8,11-12H2,1-3H3,(H2,17,18,19). The van der Waals surface area contributed by atoms with Gasteiger partial charge in [-0.2, -0.15) is 5.10 Å². The van der Waals surface area contributed by atoms with E-state index in [2.05, 4.69) is 34.6 Å². The zero-order valence-corrected chi connectivity index (χ0v) is 13.5. The van der Waals surface area contributed by atoms with Crippen LogP contribution in [0.1, 0.15) is 25.3 Å². The monoisotopic (exact) mass is 303 g/mol. The first-order valence-corrected chi connectivity index (χ1v) is 7.66. The predicted molar refractivity (Wildman–Crippen MR) is 87.6 cm³/mol. The normalized spacial score (nSPS) is 11.9. The lowest BCUT2D eigenvalue weighted by Gasteiger charge is -2.14. The van der Waals surface area contributed by atoms with Crippen LogP contribution in [0.2, 0.25) is 0 Å². The molecule has 0 amide bonds. The predicted octanol–water partition coefficient (Wildman–Crippen LogP) is 1.95. The molecule has 0 aromatic carbocycles. The summed E-state index contributed by atoms with van der Waals surface area (Å²) in [5, 5.41) is 10.9. The summed E-state index contributed by atoms with van der Waals surface area (Å²) in [5.41, 5.74) is 1.08. The Morgan fingerprint density at radius 3 is 2.86 bits per heavy atom. The van der Waals surface area contributed by atoms with E-state index < -0.39 is 0 Å². The fraction of sp³-hybridized carbons (Fsp3) is 0.500. The minimum Gasteiger partial charge on any atom is -0.469 e. The van der Waals surface area contributed by atoms with E-state index in [1.54, 1.807) is 12.5 Å². The maximum Gasteiger partial charge on any atom is 0.191 e. The molecule has 0 bridgehead atoms. The molecule has 0 spiro atoms. The Morgan fingerprint density at radius 1 is 1.36 bits per heavy atom. The molecular formula is C16H25N5O. The molecule has 2 rings (SSSR count). The van der Waals surface area contributed by atoms with Crippen LogP contribution in [-0.4, -0.2) is 28.8 Å². The van der Waals surface area contributed by atoms with Gasteiger partial charge in [0.25, 0.3) is 0 Å². The van der Waals surface area contributed by atoms with Crippen LogP contribution in [0.15, 0.2) is 40.1 Å². The smallest absolute Gasteiger partial charge is 0.191 e. The van der Waals surface area contributed by atoms with Gasteiger partial charge in [-0.3, -0.25) is 4.68 Å². The molecule has 6 nitrogen and oxygen atoms in total. The quantitative estimate of drug-likeness (QED) is 0.606. The number of guanidine groups is 1. The fourth-order valence-electron chi connectivity index (χ4n) is 1.95. The molecule has 0 aliphatic carbocycles. The maximum absolute atomic E-state index is 5.34. The van der Waals surface area contributed by atoms with Crippen LogP contribution in [0.25, 0.3) is 0 Å². The molecule has 0 atom stereocenters. The number of hydrogen-bond donors (Lipinski definition) is 2. The number of hydrogen-bond acceptors (Lipinski definition) is 3. The molecule has 2 aromatic rings. The van der Waals surface area contributed by atoms with Crippen LogP contribution >= 0.6 is 0 Å². The van der Waals surface area contributed by atoms with Crippen LogP contribution in [0, 0.1) is 5.92 Å². The number of rotatable bonds is 7. The van der Waals surface area contributed by atoms with Crippen molar-refractivity contribution in [1.29, 1.82) is 0 Å². The molecule has 22 heavy (non-hydrogen) atoms. The Bertz CT molecular complexity index is 571. The van der Waals surface area contributed by atoms with Gasteiger partial charge in [0.1, 0.15) is 5.76 Å². The van der Waals surface area contributed by atoms with Crippen LogP contribution in [0.3, 0.4) is 0 Å². The van der Waals surface area contributed by atoms with Crippen LogP contribution in [0.5, 0.6) is 0 Å². The van der Waals surface area contributed by atoms with Crippen molar-refractivity contribution in [2.75, 3.05) is 13.1 Å². The van der Waals surface area contributed by atoms with E-state index in [4.69, 9.17) is 4.42 Å². The Hall–Kier alpha value is -2.24. The van der Waals surface area contributed by atoms with Crippen molar-refractivity contribution in [3.05, 3.63) is 42.1 Å². The molecule has 0 radical (unpaired) electrons. The van der Waals surface area contributed by atoms with Gasteiger partial charge in [-0.25, -0.2) is 4.99 Å². The number of aryl methyl sites for hydroxylation is 1. The molecule has 0 saturated heterocycles. The molecule has 0 fully saturated rings. The number of nitrogens with zero attached hydrogens (tertiary/aromatic N) is 3. The van der Waals surface area contributed by atoms with Gasteiger partial charge in [0.05, 0.1) is 18.5 Å². The highest BCUT2D eigenvalue weighted by Gasteiger charge is 2.03. The molecule has 2 heterocycles. The maximum atomic E-state index is 5.34. The first-order valence-electron chi connectivity index (χ1n) is 7.66. The highest BCUT2D eigenvalue weighted by atomic mass is 16.3. The number of furan rings is 1.